The fourth-order valence-corrected chi connectivity index (χ4v) is 1.25. The Kier molecular flexibility index (Phi) is 4.81. The van der Waals surface area contributed by atoms with Gasteiger partial charge < -0.3 is 15.8 Å². The maximum Gasteiger partial charge on any atom is 0.144 e. The Balaban J connectivity index is 2.66. The monoisotopic (exact) mass is 208 g/mol. The number of benzene rings is 1. The standard InChI is InChI=1S/C12H20N2O/c1-3-7-14-10-5-6-11(13)12(9-10)15-8-4-2/h5-6,9,14H,3-4,7-8,13H2,1-2H3. The second kappa shape index (κ2) is 6.17. The highest BCUT2D eigenvalue weighted by atomic mass is 16.5. The maximum absolute atomic E-state index is 5.81. The lowest BCUT2D eigenvalue weighted by atomic mass is 10.2. The quantitative estimate of drug-likeness (QED) is 0.707. The van der Waals surface area contributed by atoms with Crippen molar-refractivity contribution in [1.82, 2.24) is 0 Å². The first-order valence-electron chi connectivity index (χ1n) is 5.54. The van der Waals surface area contributed by atoms with Crippen LogP contribution >= 0.6 is 0 Å². The zero-order valence-electron chi connectivity index (χ0n) is 9.55. The molecule has 0 fully saturated rings. The van der Waals surface area contributed by atoms with E-state index in [0.717, 1.165) is 30.8 Å². The second-order valence-electron chi connectivity index (χ2n) is 3.53. The van der Waals surface area contributed by atoms with Crippen molar-refractivity contribution in [3.8, 4) is 5.75 Å². The highest BCUT2D eigenvalue weighted by molar-refractivity contribution is 5.61. The lowest BCUT2D eigenvalue weighted by Gasteiger charge is -2.11. The van der Waals surface area contributed by atoms with Crippen LogP contribution in [0.5, 0.6) is 5.75 Å². The molecule has 1 rings (SSSR count). The molecule has 0 heterocycles. The molecule has 0 amide bonds. The molecule has 1 aromatic carbocycles. The number of ether oxygens (including phenoxy) is 1. The molecule has 0 unspecified atom stereocenters. The van der Waals surface area contributed by atoms with Crippen molar-refractivity contribution in [3.05, 3.63) is 18.2 Å². The van der Waals surface area contributed by atoms with Gasteiger partial charge in [0.25, 0.3) is 0 Å². The Hall–Kier alpha value is -1.38. The van der Waals surface area contributed by atoms with Crippen LogP contribution in [-0.2, 0) is 0 Å². The van der Waals surface area contributed by atoms with E-state index in [-0.39, 0.29) is 0 Å². The summed E-state index contributed by atoms with van der Waals surface area (Å²) in [6, 6.07) is 5.81. The van der Waals surface area contributed by atoms with Crippen molar-refractivity contribution in [2.75, 3.05) is 24.2 Å². The molecular formula is C12H20N2O. The predicted molar refractivity (Wildman–Crippen MR) is 65.4 cm³/mol. The average molecular weight is 208 g/mol. The number of hydrogen-bond donors (Lipinski definition) is 2. The van der Waals surface area contributed by atoms with Crippen molar-refractivity contribution >= 4 is 11.4 Å². The summed E-state index contributed by atoms with van der Waals surface area (Å²) in [5.74, 6) is 0.776. The smallest absolute Gasteiger partial charge is 0.144 e. The predicted octanol–water partition coefficient (Wildman–Crippen LogP) is 2.88. The summed E-state index contributed by atoms with van der Waals surface area (Å²) in [5, 5.41) is 3.30. The van der Waals surface area contributed by atoms with Gasteiger partial charge in [-0.1, -0.05) is 13.8 Å². The fourth-order valence-electron chi connectivity index (χ4n) is 1.25. The summed E-state index contributed by atoms with van der Waals surface area (Å²) in [4.78, 5) is 0. The number of nitrogens with one attached hydrogen (secondary N) is 1. The van der Waals surface area contributed by atoms with Gasteiger partial charge >= 0.3 is 0 Å². The fraction of sp³-hybridized carbons (Fsp3) is 0.500. The molecule has 15 heavy (non-hydrogen) atoms. The van der Waals surface area contributed by atoms with E-state index >= 15 is 0 Å². The Morgan fingerprint density at radius 2 is 2.07 bits per heavy atom. The van der Waals surface area contributed by atoms with Crippen LogP contribution in [0.2, 0.25) is 0 Å². The van der Waals surface area contributed by atoms with Crippen molar-refractivity contribution in [3.63, 3.8) is 0 Å². The summed E-state index contributed by atoms with van der Waals surface area (Å²) in [6.07, 6.45) is 2.10. The highest BCUT2D eigenvalue weighted by Crippen LogP contribution is 2.25. The minimum atomic E-state index is 0.700. The van der Waals surface area contributed by atoms with Crippen LogP contribution in [0.4, 0.5) is 11.4 Å². The van der Waals surface area contributed by atoms with E-state index < -0.39 is 0 Å². The molecule has 0 aliphatic heterocycles. The van der Waals surface area contributed by atoms with Crippen molar-refractivity contribution in [2.45, 2.75) is 26.7 Å². The summed E-state index contributed by atoms with van der Waals surface area (Å²) in [6.45, 7) is 5.90. The van der Waals surface area contributed by atoms with Crippen LogP contribution in [-0.4, -0.2) is 13.2 Å². The molecule has 3 nitrogen and oxygen atoms in total. The van der Waals surface area contributed by atoms with E-state index in [1.807, 2.05) is 18.2 Å². The van der Waals surface area contributed by atoms with Gasteiger partial charge in [-0.25, -0.2) is 0 Å². The van der Waals surface area contributed by atoms with Gasteiger partial charge in [0.1, 0.15) is 5.75 Å². The number of anilines is 2. The Bertz CT molecular complexity index is 300. The van der Waals surface area contributed by atoms with Crippen LogP contribution in [0.25, 0.3) is 0 Å². The van der Waals surface area contributed by atoms with E-state index in [2.05, 4.69) is 19.2 Å². The van der Waals surface area contributed by atoms with E-state index in [9.17, 15) is 0 Å². The first-order chi connectivity index (χ1) is 7.27. The second-order valence-corrected chi connectivity index (χ2v) is 3.53. The minimum absolute atomic E-state index is 0.700. The molecule has 0 saturated carbocycles. The van der Waals surface area contributed by atoms with Crippen LogP contribution in [0.1, 0.15) is 26.7 Å². The molecule has 0 atom stereocenters. The lowest BCUT2D eigenvalue weighted by molar-refractivity contribution is 0.319. The summed E-state index contributed by atoms with van der Waals surface area (Å²) in [5.41, 5.74) is 7.57. The van der Waals surface area contributed by atoms with Crippen LogP contribution in [0.3, 0.4) is 0 Å². The average Bonchev–Trinajstić information content (AvgIpc) is 2.26. The molecule has 0 saturated heterocycles. The number of nitrogen functional groups attached to an aromatic ring is 1. The zero-order chi connectivity index (χ0) is 11.1. The van der Waals surface area contributed by atoms with Gasteiger partial charge in [0.2, 0.25) is 0 Å². The molecule has 0 aromatic heterocycles. The third kappa shape index (κ3) is 3.70. The van der Waals surface area contributed by atoms with Crippen molar-refractivity contribution in [1.29, 1.82) is 0 Å². The largest absolute Gasteiger partial charge is 0.491 e. The maximum atomic E-state index is 5.81. The van der Waals surface area contributed by atoms with Crippen molar-refractivity contribution in [2.24, 2.45) is 0 Å². The number of rotatable bonds is 6. The van der Waals surface area contributed by atoms with E-state index in [1.165, 1.54) is 0 Å². The normalized spacial score (nSPS) is 10.0. The van der Waals surface area contributed by atoms with Gasteiger partial charge in [0.15, 0.2) is 0 Å². The van der Waals surface area contributed by atoms with E-state index in [0.29, 0.717) is 12.3 Å². The summed E-state index contributed by atoms with van der Waals surface area (Å²) < 4.78 is 5.54. The van der Waals surface area contributed by atoms with Gasteiger partial charge in [0, 0.05) is 18.3 Å². The van der Waals surface area contributed by atoms with E-state index in [1.54, 1.807) is 0 Å². The lowest BCUT2D eigenvalue weighted by Crippen LogP contribution is -2.02. The van der Waals surface area contributed by atoms with Gasteiger partial charge in [-0.15, -0.1) is 0 Å². The molecule has 0 spiro atoms. The molecule has 0 aliphatic carbocycles. The Labute approximate surface area is 91.6 Å². The molecule has 0 radical (unpaired) electrons. The molecule has 0 bridgehead atoms. The van der Waals surface area contributed by atoms with Crippen molar-refractivity contribution < 1.29 is 4.74 Å². The third-order valence-electron chi connectivity index (χ3n) is 2.05. The molecule has 3 heteroatoms. The van der Waals surface area contributed by atoms with Crippen LogP contribution < -0.4 is 15.8 Å². The van der Waals surface area contributed by atoms with Gasteiger partial charge in [-0.2, -0.15) is 0 Å². The van der Waals surface area contributed by atoms with Gasteiger partial charge in [-0.3, -0.25) is 0 Å². The summed E-state index contributed by atoms with van der Waals surface area (Å²) >= 11 is 0. The molecular weight excluding hydrogens is 188 g/mol. The third-order valence-corrected chi connectivity index (χ3v) is 2.05. The summed E-state index contributed by atoms with van der Waals surface area (Å²) in [7, 11) is 0. The Morgan fingerprint density at radius 1 is 1.27 bits per heavy atom. The molecule has 3 N–H and O–H groups in total. The van der Waals surface area contributed by atoms with E-state index in [4.69, 9.17) is 10.5 Å². The highest BCUT2D eigenvalue weighted by Gasteiger charge is 2.01. The van der Waals surface area contributed by atoms with Crippen LogP contribution in [0, 0.1) is 0 Å². The SMILES string of the molecule is CCCNc1ccc(N)c(OCCC)c1. The van der Waals surface area contributed by atoms with Crippen LogP contribution in [0.15, 0.2) is 18.2 Å². The number of nitrogens with two attached hydrogens (primary N) is 1. The first-order valence-corrected chi connectivity index (χ1v) is 5.54. The first kappa shape index (κ1) is 11.7. The Morgan fingerprint density at radius 3 is 2.73 bits per heavy atom. The zero-order valence-corrected chi connectivity index (χ0v) is 9.55. The topological polar surface area (TPSA) is 47.3 Å². The molecule has 1 aromatic rings. The minimum Gasteiger partial charge on any atom is -0.491 e. The molecule has 84 valence electrons. The molecule has 0 aliphatic rings. The van der Waals surface area contributed by atoms with Gasteiger partial charge in [0.05, 0.1) is 12.3 Å². The van der Waals surface area contributed by atoms with Gasteiger partial charge in [-0.05, 0) is 25.0 Å². The number of hydrogen-bond acceptors (Lipinski definition) is 3.